The molecule has 1 fully saturated rings. The molecule has 2 atom stereocenters. The van der Waals surface area contributed by atoms with Crippen LogP contribution in [0.3, 0.4) is 0 Å². The van der Waals surface area contributed by atoms with E-state index >= 15 is 0 Å². The summed E-state index contributed by atoms with van der Waals surface area (Å²) < 4.78 is 0. The second-order valence-corrected chi connectivity index (χ2v) is 5.45. The molecular weight excluding hydrogens is 268 g/mol. The molecule has 2 N–H and O–H groups in total. The maximum absolute atomic E-state index is 11.2. The van der Waals surface area contributed by atoms with Gasteiger partial charge in [-0.05, 0) is 30.9 Å². The van der Waals surface area contributed by atoms with Crippen LogP contribution in [0.15, 0.2) is 18.2 Å². The molecule has 0 bridgehead atoms. The van der Waals surface area contributed by atoms with E-state index in [0.29, 0.717) is 23.7 Å². The van der Waals surface area contributed by atoms with Gasteiger partial charge >= 0.3 is 0 Å². The Bertz CT molecular complexity index is 567. The number of rotatable bonds is 4. The fraction of sp³-hybridized carbons (Fsp3) is 0.533. The smallest absolute Gasteiger partial charge is 0.292 e. The Balaban J connectivity index is 2.39. The van der Waals surface area contributed by atoms with E-state index in [1.54, 1.807) is 6.07 Å². The van der Waals surface area contributed by atoms with Gasteiger partial charge in [-0.1, -0.05) is 13.3 Å². The summed E-state index contributed by atoms with van der Waals surface area (Å²) in [5, 5.41) is 20.3. The third kappa shape index (κ3) is 3.14. The predicted molar refractivity (Wildman–Crippen MR) is 81.0 cm³/mol. The highest BCUT2D eigenvalue weighted by Gasteiger charge is 2.30. The molecule has 0 spiro atoms. The molecule has 1 heterocycles. The Kier molecular flexibility index (Phi) is 4.76. The van der Waals surface area contributed by atoms with Gasteiger partial charge in [0.1, 0.15) is 5.69 Å². The quantitative estimate of drug-likeness (QED) is 0.678. The number of nitrogens with zero attached hydrogens (tertiary/aromatic N) is 3. The SMILES string of the molecule is CCC1CCN(c2cc(C#N)ccc2[N+](=O)[O-])C(CN)C1. The van der Waals surface area contributed by atoms with Gasteiger partial charge in [0.05, 0.1) is 16.6 Å². The fourth-order valence-electron chi connectivity index (χ4n) is 3.02. The first-order chi connectivity index (χ1) is 10.1. The summed E-state index contributed by atoms with van der Waals surface area (Å²) in [4.78, 5) is 12.9. The first-order valence-electron chi connectivity index (χ1n) is 7.26. The number of benzene rings is 1. The molecule has 0 aromatic heterocycles. The first kappa shape index (κ1) is 15.3. The van der Waals surface area contributed by atoms with Gasteiger partial charge in [0.15, 0.2) is 0 Å². The summed E-state index contributed by atoms with van der Waals surface area (Å²) in [5.41, 5.74) is 6.86. The number of hydrogen-bond acceptors (Lipinski definition) is 5. The van der Waals surface area contributed by atoms with Crippen LogP contribution >= 0.6 is 0 Å². The molecule has 21 heavy (non-hydrogen) atoms. The summed E-state index contributed by atoms with van der Waals surface area (Å²) in [7, 11) is 0. The molecule has 0 amide bonds. The minimum atomic E-state index is -0.393. The highest BCUT2D eigenvalue weighted by Crippen LogP contribution is 2.35. The van der Waals surface area contributed by atoms with Crippen LogP contribution in [0.4, 0.5) is 11.4 Å². The molecule has 1 aliphatic rings. The Hall–Kier alpha value is -2.13. The van der Waals surface area contributed by atoms with Crippen molar-refractivity contribution in [1.82, 2.24) is 0 Å². The van der Waals surface area contributed by atoms with Crippen molar-refractivity contribution in [2.24, 2.45) is 11.7 Å². The second-order valence-electron chi connectivity index (χ2n) is 5.45. The van der Waals surface area contributed by atoms with E-state index < -0.39 is 4.92 Å². The Labute approximate surface area is 124 Å². The number of nitro groups is 1. The van der Waals surface area contributed by atoms with Crippen LogP contribution in [0.25, 0.3) is 0 Å². The molecule has 6 nitrogen and oxygen atoms in total. The topological polar surface area (TPSA) is 96.2 Å². The second kappa shape index (κ2) is 6.55. The number of nitro benzene ring substituents is 1. The zero-order chi connectivity index (χ0) is 15.4. The first-order valence-corrected chi connectivity index (χ1v) is 7.26. The van der Waals surface area contributed by atoms with Gasteiger partial charge in [-0.15, -0.1) is 0 Å². The lowest BCUT2D eigenvalue weighted by Crippen LogP contribution is -2.47. The van der Waals surface area contributed by atoms with Crippen molar-refractivity contribution in [2.45, 2.75) is 32.2 Å². The van der Waals surface area contributed by atoms with Gasteiger partial charge in [-0.2, -0.15) is 5.26 Å². The molecule has 0 saturated carbocycles. The van der Waals surface area contributed by atoms with Crippen LogP contribution < -0.4 is 10.6 Å². The van der Waals surface area contributed by atoms with Crippen molar-refractivity contribution in [2.75, 3.05) is 18.0 Å². The maximum Gasteiger partial charge on any atom is 0.292 e. The summed E-state index contributed by atoms with van der Waals surface area (Å²) >= 11 is 0. The van der Waals surface area contributed by atoms with E-state index in [1.165, 1.54) is 12.1 Å². The number of piperidine rings is 1. The lowest BCUT2D eigenvalue weighted by molar-refractivity contribution is -0.384. The molecule has 0 aliphatic carbocycles. The lowest BCUT2D eigenvalue weighted by Gasteiger charge is -2.40. The highest BCUT2D eigenvalue weighted by molar-refractivity contribution is 5.66. The third-order valence-corrected chi connectivity index (χ3v) is 4.28. The summed E-state index contributed by atoms with van der Waals surface area (Å²) in [6, 6.07) is 6.64. The Morgan fingerprint density at radius 2 is 2.33 bits per heavy atom. The van der Waals surface area contributed by atoms with Crippen molar-refractivity contribution in [3.05, 3.63) is 33.9 Å². The van der Waals surface area contributed by atoms with Crippen molar-refractivity contribution in [1.29, 1.82) is 5.26 Å². The average molecular weight is 288 g/mol. The highest BCUT2D eigenvalue weighted by atomic mass is 16.6. The lowest BCUT2D eigenvalue weighted by atomic mass is 9.88. The minimum Gasteiger partial charge on any atom is -0.362 e. The molecule has 1 aromatic rings. The van der Waals surface area contributed by atoms with Crippen molar-refractivity contribution in [3.63, 3.8) is 0 Å². The Morgan fingerprint density at radius 1 is 1.57 bits per heavy atom. The van der Waals surface area contributed by atoms with Crippen LogP contribution in [0, 0.1) is 27.4 Å². The van der Waals surface area contributed by atoms with Gasteiger partial charge in [0.2, 0.25) is 0 Å². The van der Waals surface area contributed by atoms with Crippen molar-refractivity contribution >= 4 is 11.4 Å². The van der Waals surface area contributed by atoms with Crippen LogP contribution in [-0.4, -0.2) is 24.1 Å². The summed E-state index contributed by atoms with van der Waals surface area (Å²) in [6.07, 6.45) is 3.05. The average Bonchev–Trinajstić information content (AvgIpc) is 2.53. The molecule has 2 rings (SSSR count). The van der Waals surface area contributed by atoms with Crippen LogP contribution in [0.1, 0.15) is 31.7 Å². The zero-order valence-electron chi connectivity index (χ0n) is 12.2. The molecule has 1 saturated heterocycles. The molecule has 112 valence electrons. The molecular formula is C15H20N4O2. The standard InChI is InChI=1S/C15H20N4O2/c1-2-11-5-6-18(13(7-11)10-17)15-8-12(9-16)3-4-14(15)19(20)21/h3-4,8,11,13H,2,5-7,10,17H2,1H3. The fourth-order valence-corrected chi connectivity index (χ4v) is 3.02. The summed E-state index contributed by atoms with van der Waals surface area (Å²) in [6.45, 7) is 3.37. The number of anilines is 1. The van der Waals surface area contributed by atoms with Crippen LogP contribution in [-0.2, 0) is 0 Å². The van der Waals surface area contributed by atoms with E-state index in [-0.39, 0.29) is 11.7 Å². The van der Waals surface area contributed by atoms with E-state index in [4.69, 9.17) is 11.0 Å². The van der Waals surface area contributed by atoms with Gasteiger partial charge in [0, 0.05) is 25.2 Å². The number of nitrogens with two attached hydrogens (primary N) is 1. The van der Waals surface area contributed by atoms with E-state index in [0.717, 1.165) is 25.8 Å². The van der Waals surface area contributed by atoms with Crippen molar-refractivity contribution in [3.8, 4) is 6.07 Å². The van der Waals surface area contributed by atoms with Crippen LogP contribution in [0.2, 0.25) is 0 Å². The predicted octanol–water partition coefficient (Wildman–Crippen LogP) is 2.42. The largest absolute Gasteiger partial charge is 0.362 e. The van der Waals surface area contributed by atoms with Gasteiger partial charge in [-0.25, -0.2) is 0 Å². The Morgan fingerprint density at radius 3 is 2.90 bits per heavy atom. The number of hydrogen-bond donors (Lipinski definition) is 1. The normalized spacial score (nSPS) is 21.9. The third-order valence-electron chi connectivity index (χ3n) is 4.28. The van der Waals surface area contributed by atoms with E-state index in [9.17, 15) is 10.1 Å². The van der Waals surface area contributed by atoms with Gasteiger partial charge in [-0.3, -0.25) is 10.1 Å². The monoisotopic (exact) mass is 288 g/mol. The molecule has 1 aromatic carbocycles. The number of nitriles is 1. The van der Waals surface area contributed by atoms with E-state index in [2.05, 4.69) is 6.92 Å². The van der Waals surface area contributed by atoms with Crippen LogP contribution in [0.5, 0.6) is 0 Å². The minimum absolute atomic E-state index is 0.0439. The van der Waals surface area contributed by atoms with Crippen molar-refractivity contribution < 1.29 is 4.92 Å². The molecule has 0 radical (unpaired) electrons. The molecule has 1 aliphatic heterocycles. The van der Waals surface area contributed by atoms with Gasteiger partial charge < -0.3 is 10.6 Å². The molecule has 6 heteroatoms. The maximum atomic E-state index is 11.2. The molecule has 2 unspecified atom stereocenters. The summed E-state index contributed by atoms with van der Waals surface area (Å²) in [5.74, 6) is 0.619. The van der Waals surface area contributed by atoms with E-state index in [1.807, 2.05) is 11.0 Å². The zero-order valence-corrected chi connectivity index (χ0v) is 12.2. The van der Waals surface area contributed by atoms with Gasteiger partial charge in [0.25, 0.3) is 5.69 Å².